The lowest BCUT2D eigenvalue weighted by Gasteiger charge is -2.13. The molecule has 1 atom stereocenters. The monoisotopic (exact) mass is 368 g/mol. The molecule has 7 heteroatoms. The number of carbonyl (C=O) groups excluding carboxylic acids is 1. The van der Waals surface area contributed by atoms with E-state index in [0.29, 0.717) is 23.0 Å². The average molecular weight is 369 g/mol. The second kappa shape index (κ2) is 7.55. The summed E-state index contributed by atoms with van der Waals surface area (Å²) < 4.78 is 1.84. The van der Waals surface area contributed by atoms with Gasteiger partial charge in [0.1, 0.15) is 0 Å². The number of aromatic nitrogens is 2. The normalized spacial score (nSPS) is 14.8. The fourth-order valence-electron chi connectivity index (χ4n) is 2.56. The summed E-state index contributed by atoms with van der Waals surface area (Å²) in [4.78, 5) is 12.5. The van der Waals surface area contributed by atoms with Crippen LogP contribution in [0.4, 0.5) is 0 Å². The van der Waals surface area contributed by atoms with Crippen LogP contribution in [0.3, 0.4) is 0 Å². The molecule has 130 valence electrons. The minimum Gasteiger partial charge on any atom is -0.348 e. The standard InChI is InChI=1S/C17H21ClN4O.ClH/c1-10-3-6-13(7-15(10)18)22-16(12-4-5-12)14(9-20-22)17(23)21-11(2)8-19;/h3,6-7,9,11-12H,4-5,8,19H2,1-2H3,(H,21,23);1H/t11-;/m0./s1. The van der Waals surface area contributed by atoms with Crippen molar-refractivity contribution in [1.82, 2.24) is 15.1 Å². The van der Waals surface area contributed by atoms with Gasteiger partial charge in [0.05, 0.1) is 23.1 Å². The van der Waals surface area contributed by atoms with Crippen molar-refractivity contribution in [3.05, 3.63) is 46.2 Å². The van der Waals surface area contributed by atoms with Crippen LogP contribution in [0, 0.1) is 6.92 Å². The number of benzene rings is 1. The second-order valence-electron chi connectivity index (χ2n) is 6.17. The molecule has 0 bridgehead atoms. The Morgan fingerprint density at radius 1 is 1.50 bits per heavy atom. The molecule has 1 amide bonds. The van der Waals surface area contributed by atoms with Gasteiger partial charge in [-0.15, -0.1) is 12.4 Å². The van der Waals surface area contributed by atoms with E-state index in [2.05, 4.69) is 10.4 Å². The predicted molar refractivity (Wildman–Crippen MR) is 98.5 cm³/mol. The Kier molecular flexibility index (Phi) is 5.91. The maximum Gasteiger partial charge on any atom is 0.255 e. The van der Waals surface area contributed by atoms with E-state index >= 15 is 0 Å². The SMILES string of the molecule is Cc1ccc(-n2ncc(C(=O)N[C@@H](C)CN)c2C2CC2)cc1Cl.Cl. The number of halogens is 2. The van der Waals surface area contributed by atoms with Crippen LogP contribution in [0.15, 0.2) is 24.4 Å². The van der Waals surface area contributed by atoms with E-state index in [4.69, 9.17) is 17.3 Å². The molecule has 1 saturated carbocycles. The quantitative estimate of drug-likeness (QED) is 0.850. The molecule has 5 nitrogen and oxygen atoms in total. The van der Waals surface area contributed by atoms with Crippen LogP contribution in [0.5, 0.6) is 0 Å². The minimum atomic E-state index is -0.116. The highest BCUT2D eigenvalue weighted by Crippen LogP contribution is 2.42. The van der Waals surface area contributed by atoms with Crippen molar-refractivity contribution < 1.29 is 4.79 Å². The van der Waals surface area contributed by atoms with Gasteiger partial charge in [-0.25, -0.2) is 4.68 Å². The molecule has 3 rings (SSSR count). The lowest BCUT2D eigenvalue weighted by Crippen LogP contribution is -2.38. The van der Waals surface area contributed by atoms with Gasteiger partial charge in [0.25, 0.3) is 5.91 Å². The van der Waals surface area contributed by atoms with Crippen LogP contribution in [-0.4, -0.2) is 28.3 Å². The summed E-state index contributed by atoms with van der Waals surface area (Å²) in [7, 11) is 0. The molecule has 0 saturated heterocycles. The molecule has 1 aliphatic rings. The number of amides is 1. The van der Waals surface area contributed by atoms with Crippen LogP contribution in [0.1, 0.15) is 47.3 Å². The fourth-order valence-corrected chi connectivity index (χ4v) is 2.74. The van der Waals surface area contributed by atoms with E-state index in [1.54, 1.807) is 6.20 Å². The van der Waals surface area contributed by atoms with Crippen molar-refractivity contribution in [3.63, 3.8) is 0 Å². The molecule has 1 heterocycles. The Hall–Kier alpha value is -1.56. The van der Waals surface area contributed by atoms with Crippen molar-refractivity contribution >= 4 is 29.9 Å². The Bertz CT molecular complexity index is 740. The summed E-state index contributed by atoms with van der Waals surface area (Å²) >= 11 is 6.23. The summed E-state index contributed by atoms with van der Waals surface area (Å²) in [6.07, 6.45) is 3.80. The summed E-state index contributed by atoms with van der Waals surface area (Å²) in [5.74, 6) is 0.265. The van der Waals surface area contributed by atoms with Crippen molar-refractivity contribution in [2.75, 3.05) is 6.54 Å². The van der Waals surface area contributed by atoms with E-state index in [-0.39, 0.29) is 24.4 Å². The largest absolute Gasteiger partial charge is 0.348 e. The summed E-state index contributed by atoms with van der Waals surface area (Å²) in [5, 5.41) is 8.05. The van der Waals surface area contributed by atoms with Gasteiger partial charge in [0, 0.05) is 23.5 Å². The molecule has 24 heavy (non-hydrogen) atoms. The van der Waals surface area contributed by atoms with Crippen LogP contribution in [-0.2, 0) is 0 Å². The molecule has 3 N–H and O–H groups in total. The first-order chi connectivity index (χ1) is 11.0. The van der Waals surface area contributed by atoms with E-state index in [0.717, 1.165) is 29.8 Å². The Morgan fingerprint density at radius 3 is 2.79 bits per heavy atom. The number of nitrogens with one attached hydrogen (secondary N) is 1. The highest BCUT2D eigenvalue weighted by atomic mass is 35.5. The maximum absolute atomic E-state index is 12.5. The molecule has 0 radical (unpaired) electrons. The average Bonchev–Trinajstić information content (AvgIpc) is 3.28. The molecule has 1 aliphatic carbocycles. The zero-order chi connectivity index (χ0) is 16.6. The van der Waals surface area contributed by atoms with Gasteiger partial charge in [-0.05, 0) is 44.4 Å². The smallest absolute Gasteiger partial charge is 0.255 e. The van der Waals surface area contributed by atoms with E-state index < -0.39 is 0 Å². The van der Waals surface area contributed by atoms with Gasteiger partial charge in [-0.3, -0.25) is 4.79 Å². The van der Waals surface area contributed by atoms with E-state index in [1.165, 1.54) is 0 Å². The number of hydrogen-bond donors (Lipinski definition) is 2. The lowest BCUT2D eigenvalue weighted by molar-refractivity contribution is 0.0940. The minimum absolute atomic E-state index is 0. The highest BCUT2D eigenvalue weighted by molar-refractivity contribution is 6.31. The third kappa shape index (κ3) is 3.74. The first-order valence-corrected chi connectivity index (χ1v) is 8.24. The zero-order valence-electron chi connectivity index (χ0n) is 13.8. The summed E-state index contributed by atoms with van der Waals surface area (Å²) in [5.41, 5.74) is 9.08. The molecule has 1 aromatic carbocycles. The van der Waals surface area contributed by atoms with Crippen LogP contribution in [0.2, 0.25) is 5.02 Å². The predicted octanol–water partition coefficient (Wildman–Crippen LogP) is 3.21. The third-order valence-electron chi connectivity index (χ3n) is 4.15. The van der Waals surface area contributed by atoms with Gasteiger partial charge >= 0.3 is 0 Å². The van der Waals surface area contributed by atoms with E-state index in [9.17, 15) is 4.79 Å². The lowest BCUT2D eigenvalue weighted by atomic mass is 10.1. The Morgan fingerprint density at radius 2 is 2.21 bits per heavy atom. The number of rotatable bonds is 5. The van der Waals surface area contributed by atoms with E-state index in [1.807, 2.05) is 36.7 Å². The Balaban J connectivity index is 0.00000208. The Labute approximate surface area is 153 Å². The molecule has 0 unspecified atom stereocenters. The second-order valence-corrected chi connectivity index (χ2v) is 6.58. The van der Waals surface area contributed by atoms with Crippen molar-refractivity contribution in [2.24, 2.45) is 5.73 Å². The number of carbonyl (C=O) groups is 1. The number of nitrogens with two attached hydrogens (primary N) is 1. The molecule has 0 aliphatic heterocycles. The van der Waals surface area contributed by atoms with Gasteiger partial charge in [-0.1, -0.05) is 17.7 Å². The zero-order valence-corrected chi connectivity index (χ0v) is 15.3. The van der Waals surface area contributed by atoms with Gasteiger partial charge in [0.15, 0.2) is 0 Å². The maximum atomic E-state index is 12.5. The topological polar surface area (TPSA) is 72.9 Å². The van der Waals surface area contributed by atoms with Crippen LogP contribution < -0.4 is 11.1 Å². The van der Waals surface area contributed by atoms with Gasteiger partial charge < -0.3 is 11.1 Å². The first kappa shape index (κ1) is 18.8. The first-order valence-electron chi connectivity index (χ1n) is 7.86. The third-order valence-corrected chi connectivity index (χ3v) is 4.55. The van der Waals surface area contributed by atoms with Crippen LogP contribution in [0.25, 0.3) is 5.69 Å². The number of nitrogens with zero attached hydrogens (tertiary/aromatic N) is 2. The number of hydrogen-bond acceptors (Lipinski definition) is 3. The molecule has 0 spiro atoms. The molecule has 1 aromatic heterocycles. The van der Waals surface area contributed by atoms with Crippen molar-refractivity contribution in [1.29, 1.82) is 0 Å². The van der Waals surface area contributed by atoms with Crippen LogP contribution >= 0.6 is 24.0 Å². The van der Waals surface area contributed by atoms with Crippen molar-refractivity contribution in [3.8, 4) is 5.69 Å². The number of aryl methyl sites for hydroxylation is 1. The van der Waals surface area contributed by atoms with Gasteiger partial charge in [0.2, 0.25) is 0 Å². The molecular formula is C17H22Cl2N4O. The fraction of sp³-hybridized carbons (Fsp3) is 0.412. The molecule has 2 aromatic rings. The molecular weight excluding hydrogens is 347 g/mol. The van der Waals surface area contributed by atoms with Crippen molar-refractivity contribution in [2.45, 2.75) is 38.6 Å². The summed E-state index contributed by atoms with van der Waals surface area (Å²) in [6, 6.07) is 5.77. The summed E-state index contributed by atoms with van der Waals surface area (Å²) in [6.45, 7) is 4.26. The highest BCUT2D eigenvalue weighted by Gasteiger charge is 2.33. The van der Waals surface area contributed by atoms with Gasteiger partial charge in [-0.2, -0.15) is 5.10 Å². The molecule has 1 fully saturated rings.